The molecule has 0 unspecified atom stereocenters. The summed E-state index contributed by atoms with van der Waals surface area (Å²) < 4.78 is 6.36. The molecule has 3 aromatic heterocycles. The van der Waals surface area contributed by atoms with Crippen molar-refractivity contribution in [2.75, 3.05) is 0 Å². The maximum atomic E-state index is 6.36. The SMILES string of the molecule is CC(C)(C)c1c[c-]c(-c2ccccn2)cc1.Cc1[c-]c(-c2nc3cc(C)cc(C)c3c3oc4ccccc4c23)cc(C)c1.[Ir]. The van der Waals surface area contributed by atoms with Crippen LogP contribution in [-0.2, 0) is 25.5 Å². The van der Waals surface area contributed by atoms with E-state index < -0.39 is 0 Å². The molecule has 4 heteroatoms. The fourth-order valence-electron chi connectivity index (χ4n) is 5.75. The summed E-state index contributed by atoms with van der Waals surface area (Å²) in [7, 11) is 0. The van der Waals surface area contributed by atoms with Crippen molar-refractivity contribution in [2.45, 2.75) is 53.9 Å². The van der Waals surface area contributed by atoms with E-state index in [9.17, 15) is 0 Å². The number of furan rings is 1. The van der Waals surface area contributed by atoms with E-state index in [1.165, 1.54) is 22.3 Å². The molecule has 0 amide bonds. The Kier molecular flexibility index (Phi) is 8.88. The number of para-hydroxylation sites is 1. The van der Waals surface area contributed by atoms with Crippen molar-refractivity contribution in [1.82, 2.24) is 9.97 Å². The van der Waals surface area contributed by atoms with Gasteiger partial charge in [0.1, 0.15) is 11.2 Å². The summed E-state index contributed by atoms with van der Waals surface area (Å²) in [6.45, 7) is 15.1. The monoisotopic (exact) mass is 753 g/mol. The number of aromatic nitrogens is 2. The molecule has 0 atom stereocenters. The Morgan fingerprint density at radius 2 is 1.50 bits per heavy atom. The molecule has 0 spiro atoms. The van der Waals surface area contributed by atoms with Gasteiger partial charge in [-0.05, 0) is 54.3 Å². The average molecular weight is 753 g/mol. The van der Waals surface area contributed by atoms with Gasteiger partial charge in [-0.25, -0.2) is 0 Å². The summed E-state index contributed by atoms with van der Waals surface area (Å²) in [5, 5.41) is 3.27. The fraction of sp³-hybridized carbons (Fsp3) is 0.200. The summed E-state index contributed by atoms with van der Waals surface area (Å²) in [5.41, 5.74) is 13.0. The zero-order valence-electron chi connectivity index (χ0n) is 26.3. The van der Waals surface area contributed by atoms with Gasteiger partial charge in [-0.1, -0.05) is 71.0 Å². The molecule has 1 radical (unpaired) electrons. The van der Waals surface area contributed by atoms with Crippen LogP contribution in [0.15, 0.2) is 95.5 Å². The van der Waals surface area contributed by atoms with Crippen molar-refractivity contribution >= 4 is 32.8 Å². The van der Waals surface area contributed by atoms with Gasteiger partial charge in [-0.15, -0.1) is 70.3 Å². The third-order valence-corrected chi connectivity index (χ3v) is 7.77. The Hall–Kier alpha value is -4.11. The molecule has 3 nitrogen and oxygen atoms in total. The molecule has 7 aromatic rings. The molecule has 3 heterocycles. The smallest absolute Gasteiger partial charge is 0.137 e. The van der Waals surface area contributed by atoms with Gasteiger partial charge in [-0.2, -0.15) is 0 Å². The van der Waals surface area contributed by atoms with Crippen molar-refractivity contribution in [1.29, 1.82) is 0 Å². The Morgan fingerprint density at radius 3 is 2.18 bits per heavy atom. The average Bonchev–Trinajstić information content (AvgIpc) is 3.36. The Labute approximate surface area is 273 Å². The molecular weight excluding hydrogens is 717 g/mol. The normalized spacial score (nSPS) is 11.3. The first kappa shape index (κ1) is 31.3. The second-order valence-electron chi connectivity index (χ2n) is 12.4. The molecule has 0 aliphatic heterocycles. The summed E-state index contributed by atoms with van der Waals surface area (Å²) >= 11 is 0. The van der Waals surface area contributed by atoms with Crippen LogP contribution in [0.4, 0.5) is 0 Å². The van der Waals surface area contributed by atoms with Crippen LogP contribution in [0.2, 0.25) is 0 Å². The van der Waals surface area contributed by atoms with E-state index in [1.807, 2.05) is 30.3 Å². The first-order valence-electron chi connectivity index (χ1n) is 14.8. The van der Waals surface area contributed by atoms with Crippen LogP contribution in [0, 0.1) is 39.8 Å². The van der Waals surface area contributed by atoms with E-state index in [4.69, 9.17) is 9.40 Å². The van der Waals surface area contributed by atoms with Gasteiger partial charge in [0.2, 0.25) is 0 Å². The maximum absolute atomic E-state index is 6.36. The van der Waals surface area contributed by atoms with E-state index in [1.54, 1.807) is 6.20 Å². The van der Waals surface area contributed by atoms with E-state index in [2.05, 4.69) is 120 Å². The third kappa shape index (κ3) is 6.24. The summed E-state index contributed by atoms with van der Waals surface area (Å²) in [4.78, 5) is 9.42. The van der Waals surface area contributed by atoms with E-state index in [0.29, 0.717) is 0 Å². The number of hydrogen-bond acceptors (Lipinski definition) is 3. The fourth-order valence-corrected chi connectivity index (χ4v) is 5.75. The molecule has 7 rings (SSSR count). The molecule has 0 fully saturated rings. The van der Waals surface area contributed by atoms with Gasteiger partial charge in [0.15, 0.2) is 0 Å². The van der Waals surface area contributed by atoms with Crippen LogP contribution in [-0.4, -0.2) is 9.97 Å². The number of aryl methyl sites for hydroxylation is 4. The molecule has 44 heavy (non-hydrogen) atoms. The number of hydrogen-bond donors (Lipinski definition) is 0. The van der Waals surface area contributed by atoms with Crippen LogP contribution in [0.5, 0.6) is 0 Å². The van der Waals surface area contributed by atoms with Crippen LogP contribution in [0.25, 0.3) is 55.4 Å². The standard InChI is InChI=1S/C25H20NO.C15H16N.Ir/c1-14-9-15(2)12-18(11-14)24-23-19-7-5-6-8-21(19)27-25(23)22-17(4)10-16(3)13-20(22)26-24;1-15(2,3)13-9-7-12(8-10-13)14-6-4-5-11-16-14;/h5-11,13H,1-4H3;4-7,9-11H,1-3H3;/q2*-1;. The Balaban J connectivity index is 0.000000194. The van der Waals surface area contributed by atoms with Gasteiger partial charge in [0, 0.05) is 48.2 Å². The molecule has 0 aliphatic rings. The van der Waals surface area contributed by atoms with Gasteiger partial charge in [0.25, 0.3) is 0 Å². The summed E-state index contributed by atoms with van der Waals surface area (Å²) in [6.07, 6.45) is 1.81. The number of nitrogens with zero attached hydrogens (tertiary/aromatic N) is 2. The molecule has 0 saturated carbocycles. The van der Waals surface area contributed by atoms with E-state index in [0.717, 1.165) is 60.9 Å². The summed E-state index contributed by atoms with van der Waals surface area (Å²) in [6, 6.07) is 35.9. The van der Waals surface area contributed by atoms with Crippen molar-refractivity contribution < 1.29 is 24.5 Å². The molecule has 0 saturated heterocycles. The zero-order valence-corrected chi connectivity index (χ0v) is 28.7. The minimum atomic E-state index is 0. The van der Waals surface area contributed by atoms with Crippen LogP contribution >= 0.6 is 0 Å². The molecule has 0 aliphatic carbocycles. The van der Waals surface area contributed by atoms with Crippen LogP contribution in [0.1, 0.15) is 48.6 Å². The molecule has 4 aromatic carbocycles. The largest absolute Gasteiger partial charge is 0.456 e. The second kappa shape index (κ2) is 12.5. The predicted molar refractivity (Wildman–Crippen MR) is 179 cm³/mol. The quantitative estimate of drug-likeness (QED) is 0.165. The number of fused-ring (bicyclic) bond motifs is 5. The first-order valence-corrected chi connectivity index (χ1v) is 14.8. The second-order valence-corrected chi connectivity index (χ2v) is 12.4. The van der Waals surface area contributed by atoms with Crippen LogP contribution in [0.3, 0.4) is 0 Å². The number of benzene rings is 4. The molecule has 0 N–H and O–H groups in total. The van der Waals surface area contributed by atoms with Gasteiger partial charge in [-0.3, -0.25) is 4.98 Å². The predicted octanol–water partition coefficient (Wildman–Crippen LogP) is 10.7. The molecular formula is C40H36IrN2O-2. The van der Waals surface area contributed by atoms with E-state index >= 15 is 0 Å². The zero-order chi connectivity index (χ0) is 30.3. The third-order valence-electron chi connectivity index (χ3n) is 7.77. The number of rotatable bonds is 2. The van der Waals surface area contributed by atoms with Crippen molar-refractivity contribution in [2.24, 2.45) is 0 Å². The maximum Gasteiger partial charge on any atom is 0.137 e. The molecule has 0 bridgehead atoms. The Morgan fingerprint density at radius 1 is 0.750 bits per heavy atom. The van der Waals surface area contributed by atoms with Gasteiger partial charge in [0.05, 0.1) is 5.52 Å². The Bertz CT molecular complexity index is 2070. The number of pyridine rings is 2. The summed E-state index contributed by atoms with van der Waals surface area (Å²) in [5.74, 6) is 0. The van der Waals surface area contributed by atoms with Gasteiger partial charge >= 0.3 is 0 Å². The minimum absolute atomic E-state index is 0. The van der Waals surface area contributed by atoms with Crippen molar-refractivity contribution in [3.8, 4) is 22.5 Å². The topological polar surface area (TPSA) is 38.9 Å². The van der Waals surface area contributed by atoms with Crippen molar-refractivity contribution in [3.63, 3.8) is 0 Å². The first-order chi connectivity index (χ1) is 20.6. The van der Waals surface area contributed by atoms with Crippen LogP contribution < -0.4 is 0 Å². The van der Waals surface area contributed by atoms with Gasteiger partial charge < -0.3 is 9.40 Å². The minimum Gasteiger partial charge on any atom is -0.456 e. The molecule has 223 valence electrons. The van der Waals surface area contributed by atoms with Crippen molar-refractivity contribution in [3.05, 3.63) is 131 Å². The van der Waals surface area contributed by atoms with E-state index in [-0.39, 0.29) is 25.5 Å².